The Balaban J connectivity index is 2.79. The molecule has 1 aromatic carbocycles. The van der Waals surface area contributed by atoms with Crippen molar-refractivity contribution in [3.63, 3.8) is 0 Å². The Morgan fingerprint density at radius 1 is 1.42 bits per heavy atom. The van der Waals surface area contributed by atoms with Crippen LogP contribution in [0.4, 0.5) is 11.4 Å². The fourth-order valence-corrected chi connectivity index (χ4v) is 1.78. The number of nitrogens with two attached hydrogens (primary N) is 1. The second-order valence-corrected chi connectivity index (χ2v) is 4.37. The normalized spacial score (nSPS) is 11.9. The Kier molecular flexibility index (Phi) is 6.15. The van der Waals surface area contributed by atoms with Crippen molar-refractivity contribution in [3.05, 3.63) is 23.8 Å². The minimum Gasteiger partial charge on any atom is -0.397 e. The minimum absolute atomic E-state index is 0.107. The van der Waals surface area contributed by atoms with Crippen molar-refractivity contribution < 1.29 is 9.53 Å². The number of ether oxygens (including phenoxy) is 1. The molecule has 0 aliphatic heterocycles. The standard InChI is InChI=1S/C14H23N3O2/c1-4-11(9-19-3)17-13-7-6-10(8-12(13)15)14(18)16-5-2/h6-8,11,17H,4-5,9,15H2,1-3H3,(H,16,18). The Labute approximate surface area is 114 Å². The van der Waals surface area contributed by atoms with E-state index in [0.29, 0.717) is 24.4 Å². The van der Waals surface area contributed by atoms with Crippen molar-refractivity contribution >= 4 is 17.3 Å². The summed E-state index contributed by atoms with van der Waals surface area (Å²) in [5, 5.41) is 6.06. The van der Waals surface area contributed by atoms with E-state index in [0.717, 1.165) is 12.1 Å². The Morgan fingerprint density at radius 3 is 2.68 bits per heavy atom. The van der Waals surface area contributed by atoms with Gasteiger partial charge in [0, 0.05) is 25.3 Å². The lowest BCUT2D eigenvalue weighted by molar-refractivity contribution is 0.0956. The smallest absolute Gasteiger partial charge is 0.251 e. The highest BCUT2D eigenvalue weighted by Gasteiger charge is 2.10. The summed E-state index contributed by atoms with van der Waals surface area (Å²) < 4.78 is 5.13. The minimum atomic E-state index is -0.107. The third-order valence-electron chi connectivity index (χ3n) is 2.87. The SMILES string of the molecule is CCNC(=O)c1ccc(NC(CC)COC)c(N)c1. The van der Waals surface area contributed by atoms with E-state index in [1.165, 1.54) is 0 Å². The van der Waals surface area contributed by atoms with Gasteiger partial charge in [-0.1, -0.05) is 6.92 Å². The highest BCUT2D eigenvalue weighted by atomic mass is 16.5. The molecule has 106 valence electrons. The number of nitrogens with one attached hydrogen (secondary N) is 2. The summed E-state index contributed by atoms with van der Waals surface area (Å²) >= 11 is 0. The lowest BCUT2D eigenvalue weighted by Crippen LogP contribution is -2.25. The maximum Gasteiger partial charge on any atom is 0.251 e. The van der Waals surface area contributed by atoms with E-state index in [1.807, 2.05) is 13.0 Å². The summed E-state index contributed by atoms with van der Waals surface area (Å²) in [6.07, 6.45) is 0.936. The summed E-state index contributed by atoms with van der Waals surface area (Å²) in [4.78, 5) is 11.7. The van der Waals surface area contributed by atoms with Gasteiger partial charge < -0.3 is 21.1 Å². The average molecular weight is 265 g/mol. The lowest BCUT2D eigenvalue weighted by Gasteiger charge is -2.19. The molecule has 0 spiro atoms. The van der Waals surface area contributed by atoms with Crippen LogP contribution in [0.1, 0.15) is 30.6 Å². The van der Waals surface area contributed by atoms with Crippen molar-refractivity contribution in [2.24, 2.45) is 0 Å². The lowest BCUT2D eigenvalue weighted by atomic mass is 10.1. The molecule has 4 N–H and O–H groups in total. The van der Waals surface area contributed by atoms with Gasteiger partial charge in [0.15, 0.2) is 0 Å². The van der Waals surface area contributed by atoms with Gasteiger partial charge in [0.1, 0.15) is 0 Å². The van der Waals surface area contributed by atoms with Crippen molar-refractivity contribution in [2.75, 3.05) is 31.3 Å². The van der Waals surface area contributed by atoms with Gasteiger partial charge >= 0.3 is 0 Å². The van der Waals surface area contributed by atoms with Crippen LogP contribution in [0, 0.1) is 0 Å². The first-order valence-corrected chi connectivity index (χ1v) is 6.55. The third-order valence-corrected chi connectivity index (χ3v) is 2.87. The molecule has 1 rings (SSSR count). The molecule has 1 atom stereocenters. The molecule has 0 fully saturated rings. The molecule has 5 heteroatoms. The van der Waals surface area contributed by atoms with E-state index in [1.54, 1.807) is 19.2 Å². The zero-order chi connectivity index (χ0) is 14.3. The number of anilines is 2. The molecule has 0 saturated heterocycles. The number of hydrogen-bond acceptors (Lipinski definition) is 4. The maximum atomic E-state index is 11.7. The summed E-state index contributed by atoms with van der Waals surface area (Å²) in [5.41, 5.74) is 7.94. The second-order valence-electron chi connectivity index (χ2n) is 4.37. The quantitative estimate of drug-likeness (QED) is 0.658. The van der Waals surface area contributed by atoms with Crippen LogP contribution >= 0.6 is 0 Å². The van der Waals surface area contributed by atoms with Crippen LogP contribution in [0.5, 0.6) is 0 Å². The van der Waals surface area contributed by atoms with Crippen LogP contribution < -0.4 is 16.4 Å². The molecule has 1 unspecified atom stereocenters. The first kappa shape index (κ1) is 15.3. The highest BCUT2D eigenvalue weighted by Crippen LogP contribution is 2.21. The van der Waals surface area contributed by atoms with Crippen LogP contribution in [-0.2, 0) is 4.74 Å². The summed E-state index contributed by atoms with van der Waals surface area (Å²) in [6.45, 7) is 5.18. The predicted octanol–water partition coefficient (Wildman–Crippen LogP) is 1.86. The van der Waals surface area contributed by atoms with Crippen LogP contribution in [0.25, 0.3) is 0 Å². The second kappa shape index (κ2) is 7.63. The molecule has 1 amide bonds. The van der Waals surface area contributed by atoms with Crippen LogP contribution in [-0.4, -0.2) is 32.2 Å². The molecule has 0 aliphatic rings. The molecule has 0 radical (unpaired) electrons. The number of hydrogen-bond donors (Lipinski definition) is 3. The first-order valence-electron chi connectivity index (χ1n) is 6.55. The van der Waals surface area contributed by atoms with Gasteiger partial charge in [0.25, 0.3) is 5.91 Å². The molecule has 1 aromatic rings. The number of carbonyl (C=O) groups excluding carboxylic acids is 1. The number of carbonyl (C=O) groups is 1. The molecule has 19 heavy (non-hydrogen) atoms. The zero-order valence-electron chi connectivity index (χ0n) is 11.8. The summed E-state index contributed by atoms with van der Waals surface area (Å²) in [5.74, 6) is -0.107. The van der Waals surface area contributed by atoms with Gasteiger partial charge in [-0.25, -0.2) is 0 Å². The van der Waals surface area contributed by atoms with E-state index in [4.69, 9.17) is 10.5 Å². The molecular weight excluding hydrogens is 242 g/mol. The van der Waals surface area contributed by atoms with E-state index in [-0.39, 0.29) is 11.9 Å². The highest BCUT2D eigenvalue weighted by molar-refractivity contribution is 5.96. The van der Waals surface area contributed by atoms with Gasteiger partial charge in [-0.05, 0) is 31.5 Å². The van der Waals surface area contributed by atoms with Crippen molar-refractivity contribution in [1.82, 2.24) is 5.32 Å². The molecule has 0 heterocycles. The average Bonchev–Trinajstić information content (AvgIpc) is 2.40. The van der Waals surface area contributed by atoms with Gasteiger partial charge in [-0.15, -0.1) is 0 Å². The molecule has 0 saturated carbocycles. The molecule has 5 nitrogen and oxygen atoms in total. The fourth-order valence-electron chi connectivity index (χ4n) is 1.78. The van der Waals surface area contributed by atoms with Crippen molar-refractivity contribution in [3.8, 4) is 0 Å². The molecular formula is C14H23N3O2. The van der Waals surface area contributed by atoms with Crippen molar-refractivity contribution in [1.29, 1.82) is 0 Å². The van der Waals surface area contributed by atoms with E-state index < -0.39 is 0 Å². The maximum absolute atomic E-state index is 11.7. The summed E-state index contributed by atoms with van der Waals surface area (Å²) in [6, 6.07) is 5.50. The number of nitrogen functional groups attached to an aromatic ring is 1. The molecule has 0 aliphatic carbocycles. The molecule has 0 aromatic heterocycles. The van der Waals surface area contributed by atoms with Crippen molar-refractivity contribution in [2.45, 2.75) is 26.3 Å². The fraction of sp³-hybridized carbons (Fsp3) is 0.500. The van der Waals surface area contributed by atoms with E-state index in [9.17, 15) is 4.79 Å². The monoisotopic (exact) mass is 265 g/mol. The Morgan fingerprint density at radius 2 is 2.16 bits per heavy atom. The largest absolute Gasteiger partial charge is 0.397 e. The number of benzene rings is 1. The topological polar surface area (TPSA) is 76.4 Å². The van der Waals surface area contributed by atoms with Crippen LogP contribution in [0.15, 0.2) is 18.2 Å². The number of amides is 1. The predicted molar refractivity (Wildman–Crippen MR) is 78.4 cm³/mol. The molecule has 0 bridgehead atoms. The Hall–Kier alpha value is -1.75. The van der Waals surface area contributed by atoms with Crippen LogP contribution in [0.2, 0.25) is 0 Å². The summed E-state index contributed by atoms with van der Waals surface area (Å²) in [7, 11) is 1.67. The van der Waals surface area contributed by atoms with Gasteiger partial charge in [0.2, 0.25) is 0 Å². The Bertz CT molecular complexity index is 421. The number of methoxy groups -OCH3 is 1. The zero-order valence-corrected chi connectivity index (χ0v) is 11.8. The van der Waals surface area contributed by atoms with E-state index in [2.05, 4.69) is 17.6 Å². The third kappa shape index (κ3) is 4.44. The van der Waals surface area contributed by atoms with Crippen LogP contribution in [0.3, 0.4) is 0 Å². The van der Waals surface area contributed by atoms with Gasteiger partial charge in [-0.2, -0.15) is 0 Å². The van der Waals surface area contributed by atoms with Gasteiger partial charge in [0.05, 0.1) is 18.0 Å². The first-order chi connectivity index (χ1) is 9.12. The van der Waals surface area contributed by atoms with E-state index >= 15 is 0 Å². The van der Waals surface area contributed by atoms with Gasteiger partial charge in [-0.3, -0.25) is 4.79 Å². The number of rotatable bonds is 7.